The Morgan fingerprint density at radius 2 is 0.644 bits per heavy atom. The molecule has 0 aromatic heterocycles. The van der Waals surface area contributed by atoms with E-state index in [4.69, 9.17) is 0 Å². The fourth-order valence-electron chi connectivity index (χ4n) is 10.4. The quantitative estimate of drug-likeness (QED) is 0.159. The minimum absolute atomic E-state index is 1.14. The first-order valence-electron chi connectivity index (χ1n) is 20.5. The van der Waals surface area contributed by atoms with Crippen molar-refractivity contribution in [2.75, 3.05) is 4.90 Å². The number of hydrogen-bond donors (Lipinski definition) is 0. The van der Waals surface area contributed by atoms with E-state index in [1.54, 1.807) is 0 Å². The van der Waals surface area contributed by atoms with Gasteiger partial charge in [0, 0.05) is 16.8 Å². The number of benzene rings is 11. The van der Waals surface area contributed by atoms with Gasteiger partial charge in [-0.2, -0.15) is 0 Å². The van der Waals surface area contributed by atoms with Gasteiger partial charge < -0.3 is 4.90 Å². The van der Waals surface area contributed by atoms with Crippen LogP contribution in [0.15, 0.2) is 212 Å². The lowest BCUT2D eigenvalue weighted by atomic mass is 9.82. The van der Waals surface area contributed by atoms with E-state index in [9.17, 15) is 0 Å². The summed E-state index contributed by atoms with van der Waals surface area (Å²) in [6, 6.07) is 78.7. The number of para-hydroxylation sites is 2. The lowest BCUT2D eigenvalue weighted by molar-refractivity contribution is 1.30. The normalized spacial score (nSPS) is 12.1. The molecule has 0 atom stereocenters. The summed E-state index contributed by atoms with van der Waals surface area (Å²) in [4.78, 5) is 2.40. The Morgan fingerprint density at radius 3 is 1.10 bits per heavy atom. The number of rotatable bonds is 5. The third-order valence-corrected chi connectivity index (χ3v) is 12.9. The van der Waals surface area contributed by atoms with Gasteiger partial charge in [-0.3, -0.25) is 0 Å². The fraction of sp³-hybridized carbons (Fsp3) is 0. The summed E-state index contributed by atoms with van der Waals surface area (Å²) in [5.74, 6) is 0. The molecule has 11 aromatic carbocycles. The molecule has 0 N–H and O–H groups in total. The molecule has 0 radical (unpaired) electrons. The molecular formula is C58H35N. The van der Waals surface area contributed by atoms with Crippen LogP contribution in [0.1, 0.15) is 0 Å². The van der Waals surface area contributed by atoms with Gasteiger partial charge in [-0.1, -0.05) is 158 Å². The highest BCUT2D eigenvalue weighted by atomic mass is 15.1. The van der Waals surface area contributed by atoms with Crippen LogP contribution < -0.4 is 4.90 Å². The van der Waals surface area contributed by atoms with Crippen molar-refractivity contribution in [3.63, 3.8) is 0 Å². The van der Waals surface area contributed by atoms with Crippen LogP contribution in [0.2, 0.25) is 0 Å². The first kappa shape index (κ1) is 32.4. The highest BCUT2D eigenvalue weighted by molar-refractivity contribution is 6.29. The molecule has 0 heterocycles. The van der Waals surface area contributed by atoms with E-state index in [2.05, 4.69) is 217 Å². The Bertz CT molecular complexity index is 3320. The van der Waals surface area contributed by atoms with Crippen LogP contribution in [0.3, 0.4) is 0 Å². The van der Waals surface area contributed by atoms with Gasteiger partial charge >= 0.3 is 0 Å². The zero-order chi connectivity index (χ0) is 38.6. The minimum Gasteiger partial charge on any atom is -0.310 e. The lowest BCUT2D eigenvalue weighted by Gasteiger charge is -2.27. The number of nitrogens with zero attached hydrogens (tertiary/aromatic N) is 1. The predicted octanol–water partition coefficient (Wildman–Crippen LogP) is 16.4. The second kappa shape index (κ2) is 12.4. The average molecular weight is 746 g/mol. The first-order valence-corrected chi connectivity index (χ1v) is 20.5. The van der Waals surface area contributed by atoms with Crippen LogP contribution in [0.5, 0.6) is 0 Å². The molecule has 1 heteroatoms. The topological polar surface area (TPSA) is 3.24 Å². The monoisotopic (exact) mass is 745 g/mol. The summed E-state index contributed by atoms with van der Waals surface area (Å²) in [5.41, 5.74) is 18.9. The Labute approximate surface area is 342 Å². The van der Waals surface area contributed by atoms with Crippen molar-refractivity contribution in [1.82, 2.24) is 0 Å². The molecule has 0 saturated heterocycles. The molecule has 0 bridgehead atoms. The Kier molecular flexibility index (Phi) is 6.79. The summed E-state index contributed by atoms with van der Waals surface area (Å²) in [6.45, 7) is 0. The van der Waals surface area contributed by atoms with Crippen LogP contribution in [-0.2, 0) is 0 Å². The Balaban J connectivity index is 1.14. The van der Waals surface area contributed by atoms with Gasteiger partial charge in [0.25, 0.3) is 0 Å². The summed E-state index contributed by atoms with van der Waals surface area (Å²) >= 11 is 0. The molecule has 0 amide bonds. The van der Waals surface area contributed by atoms with Gasteiger partial charge in [0.1, 0.15) is 0 Å². The van der Waals surface area contributed by atoms with Crippen molar-refractivity contribution in [1.29, 1.82) is 0 Å². The first-order chi connectivity index (χ1) is 29.3. The summed E-state index contributed by atoms with van der Waals surface area (Å²) in [5, 5.41) is 10.3. The smallest absolute Gasteiger partial charge is 0.0540 e. The third-order valence-electron chi connectivity index (χ3n) is 12.9. The van der Waals surface area contributed by atoms with E-state index in [1.807, 2.05) is 0 Å². The maximum absolute atomic E-state index is 2.52. The van der Waals surface area contributed by atoms with Crippen LogP contribution in [0.4, 0.5) is 17.1 Å². The SMILES string of the molecule is c1ccc(-c2c3cc4c(cc3c(-c3ccccc3)c3cc5c(cc23)-c2cccc3c(N(c6ccccc6)c6ccccc6)ccc-5c23)-c2cccc3cccc-4c23)cc1. The molecule has 11 aromatic rings. The second-order valence-electron chi connectivity index (χ2n) is 15.9. The van der Waals surface area contributed by atoms with Crippen molar-refractivity contribution >= 4 is 60.2 Å². The molecule has 1 nitrogen and oxygen atoms in total. The highest BCUT2D eigenvalue weighted by Gasteiger charge is 2.29. The van der Waals surface area contributed by atoms with Crippen molar-refractivity contribution in [3.8, 4) is 66.8 Å². The maximum atomic E-state index is 2.52. The van der Waals surface area contributed by atoms with Gasteiger partial charge in [0.15, 0.2) is 0 Å². The van der Waals surface area contributed by atoms with E-state index in [1.165, 1.54) is 116 Å². The molecule has 0 spiro atoms. The number of anilines is 3. The van der Waals surface area contributed by atoms with E-state index in [0.29, 0.717) is 0 Å². The van der Waals surface area contributed by atoms with Crippen molar-refractivity contribution in [2.24, 2.45) is 0 Å². The standard InChI is InChI=1S/C58H35N/c1-5-16-36(17-6-1)56-50-32-46-41-26-13-20-38-21-14-27-42(55(38)41)47(46)33-51(50)57(37-18-7-2-8-19-37)53-35-49-44-30-31-54(45-29-15-28-43(58(44)45)48(49)34-52(53)56)59(39-22-9-3-10-23-39)40-24-11-4-12-25-40/h1-35H. The molecular weight excluding hydrogens is 711 g/mol. The van der Waals surface area contributed by atoms with Crippen LogP contribution in [0, 0.1) is 0 Å². The molecule has 13 rings (SSSR count). The van der Waals surface area contributed by atoms with Gasteiger partial charge in [-0.25, -0.2) is 0 Å². The van der Waals surface area contributed by atoms with Crippen molar-refractivity contribution < 1.29 is 0 Å². The van der Waals surface area contributed by atoms with Crippen LogP contribution in [0.25, 0.3) is 110 Å². The van der Waals surface area contributed by atoms with Gasteiger partial charge in [0.05, 0.1) is 5.69 Å². The number of hydrogen-bond acceptors (Lipinski definition) is 1. The zero-order valence-electron chi connectivity index (χ0n) is 32.2. The minimum atomic E-state index is 1.14. The van der Waals surface area contributed by atoms with Crippen molar-refractivity contribution in [2.45, 2.75) is 0 Å². The molecule has 0 saturated carbocycles. The van der Waals surface area contributed by atoms with E-state index >= 15 is 0 Å². The largest absolute Gasteiger partial charge is 0.310 e. The highest BCUT2D eigenvalue weighted by Crippen LogP contribution is 2.56. The molecule has 59 heavy (non-hydrogen) atoms. The maximum Gasteiger partial charge on any atom is 0.0540 e. The Hall–Kier alpha value is -7.74. The van der Waals surface area contributed by atoms with Crippen LogP contribution >= 0.6 is 0 Å². The van der Waals surface area contributed by atoms with E-state index in [0.717, 1.165) is 11.4 Å². The van der Waals surface area contributed by atoms with Crippen LogP contribution in [-0.4, -0.2) is 0 Å². The molecule has 272 valence electrons. The van der Waals surface area contributed by atoms with E-state index in [-0.39, 0.29) is 0 Å². The summed E-state index contributed by atoms with van der Waals surface area (Å²) in [6.07, 6.45) is 0. The Morgan fingerprint density at radius 1 is 0.254 bits per heavy atom. The second-order valence-corrected chi connectivity index (χ2v) is 15.9. The molecule has 2 aliphatic carbocycles. The number of fused-ring (bicyclic) bond motifs is 8. The summed E-state index contributed by atoms with van der Waals surface area (Å²) < 4.78 is 0. The average Bonchev–Trinajstić information content (AvgIpc) is 3.79. The lowest BCUT2D eigenvalue weighted by Crippen LogP contribution is -2.10. The van der Waals surface area contributed by atoms with Crippen molar-refractivity contribution in [3.05, 3.63) is 212 Å². The van der Waals surface area contributed by atoms with E-state index < -0.39 is 0 Å². The predicted molar refractivity (Wildman–Crippen MR) is 251 cm³/mol. The van der Waals surface area contributed by atoms with Gasteiger partial charge in [-0.15, -0.1) is 0 Å². The summed E-state index contributed by atoms with van der Waals surface area (Å²) in [7, 11) is 0. The van der Waals surface area contributed by atoms with Gasteiger partial charge in [0.2, 0.25) is 0 Å². The third kappa shape index (κ3) is 4.62. The molecule has 0 aliphatic heterocycles. The molecule has 0 unspecified atom stereocenters. The zero-order valence-corrected chi connectivity index (χ0v) is 32.2. The molecule has 0 fully saturated rings. The molecule has 2 aliphatic rings. The fourth-order valence-corrected chi connectivity index (χ4v) is 10.4. The van der Waals surface area contributed by atoms with Gasteiger partial charge in [-0.05, 0) is 159 Å².